The van der Waals surface area contributed by atoms with Gasteiger partial charge in [-0.15, -0.1) is 0 Å². The van der Waals surface area contributed by atoms with Crippen molar-refractivity contribution in [3.8, 4) is 5.75 Å². The molecule has 180 valence electrons. The van der Waals surface area contributed by atoms with E-state index in [4.69, 9.17) is 14.0 Å². The average molecular weight is 457 g/mol. The fourth-order valence-electron chi connectivity index (χ4n) is 4.46. The molecule has 1 unspecified atom stereocenters. The van der Waals surface area contributed by atoms with Crippen molar-refractivity contribution in [1.29, 1.82) is 0 Å². The lowest BCUT2D eigenvalue weighted by molar-refractivity contribution is 0.0929. The highest BCUT2D eigenvalue weighted by Gasteiger charge is 2.23. The number of aryl methyl sites for hydroxylation is 1. The Kier molecular flexibility index (Phi) is 7.85. The first kappa shape index (κ1) is 23.5. The Hall–Kier alpha value is -2.61. The van der Waals surface area contributed by atoms with Crippen LogP contribution >= 0.6 is 0 Å². The second-order valence-electron chi connectivity index (χ2n) is 9.52. The average Bonchev–Trinajstić information content (AvgIpc) is 3.50. The highest BCUT2D eigenvalue weighted by molar-refractivity contribution is 5.96. The molecule has 3 heterocycles. The predicted molar refractivity (Wildman–Crippen MR) is 126 cm³/mol. The number of anilines is 1. The van der Waals surface area contributed by atoms with E-state index in [1.807, 2.05) is 25.1 Å². The van der Waals surface area contributed by atoms with Gasteiger partial charge in [0.1, 0.15) is 5.75 Å². The highest BCUT2D eigenvalue weighted by Crippen LogP contribution is 2.26. The molecule has 2 fully saturated rings. The largest absolute Gasteiger partial charge is 0.494 e. The second kappa shape index (κ2) is 11.0. The van der Waals surface area contributed by atoms with Gasteiger partial charge in [0, 0.05) is 31.2 Å². The van der Waals surface area contributed by atoms with Crippen LogP contribution in [-0.2, 0) is 4.74 Å². The molecular weight excluding hydrogens is 420 g/mol. The molecule has 0 radical (unpaired) electrons. The van der Waals surface area contributed by atoms with E-state index < -0.39 is 0 Å². The van der Waals surface area contributed by atoms with Crippen LogP contribution in [0.2, 0.25) is 0 Å². The van der Waals surface area contributed by atoms with Crippen LogP contribution in [0.4, 0.5) is 6.01 Å². The van der Waals surface area contributed by atoms with Crippen molar-refractivity contribution in [1.82, 2.24) is 15.5 Å². The first-order valence-electron chi connectivity index (χ1n) is 12.2. The Morgan fingerprint density at radius 2 is 2.09 bits per heavy atom. The smallest absolute Gasteiger partial charge is 0.324 e. The molecule has 1 amide bonds. The lowest BCUT2D eigenvalue weighted by Crippen LogP contribution is -2.35. The number of piperidine rings is 1. The van der Waals surface area contributed by atoms with E-state index in [1.165, 1.54) is 0 Å². The maximum absolute atomic E-state index is 12.5. The van der Waals surface area contributed by atoms with Gasteiger partial charge in [-0.1, -0.05) is 19.0 Å². The zero-order chi connectivity index (χ0) is 23.2. The van der Waals surface area contributed by atoms with Crippen LogP contribution in [0.25, 0.3) is 0 Å². The van der Waals surface area contributed by atoms with E-state index in [0.717, 1.165) is 62.3 Å². The highest BCUT2D eigenvalue weighted by atomic mass is 16.5. The number of nitrogens with one attached hydrogen (secondary N) is 1. The summed E-state index contributed by atoms with van der Waals surface area (Å²) in [6, 6.07) is 6.47. The zero-order valence-electron chi connectivity index (χ0n) is 20.0. The first-order valence-corrected chi connectivity index (χ1v) is 12.2. The summed E-state index contributed by atoms with van der Waals surface area (Å²) in [6.45, 7) is 10.0. The van der Waals surface area contributed by atoms with Gasteiger partial charge in [-0.05, 0) is 68.7 Å². The Morgan fingerprint density at radius 3 is 2.76 bits per heavy atom. The standard InChI is InChI=1S/C25H36N4O4/c1-17(2)23-27-25(33-28-23)29-11-8-19(9-12-29)5-4-13-32-21-6-7-22(18(3)15-21)24(30)26-20-10-14-31-16-20/h6-7,15,17,19-20H,4-5,8-14,16H2,1-3H3,(H,26,30). The van der Waals surface area contributed by atoms with Gasteiger partial charge in [0.25, 0.3) is 5.91 Å². The third-order valence-electron chi connectivity index (χ3n) is 6.57. The number of rotatable bonds is 9. The zero-order valence-corrected chi connectivity index (χ0v) is 20.0. The number of hydrogen-bond donors (Lipinski definition) is 1. The molecular formula is C25H36N4O4. The third kappa shape index (κ3) is 6.25. The number of hydrogen-bond acceptors (Lipinski definition) is 7. The molecule has 8 heteroatoms. The fourth-order valence-corrected chi connectivity index (χ4v) is 4.46. The number of carbonyl (C=O) groups is 1. The summed E-state index contributed by atoms with van der Waals surface area (Å²) in [6.07, 6.45) is 5.31. The minimum absolute atomic E-state index is 0.0400. The summed E-state index contributed by atoms with van der Waals surface area (Å²) < 4.78 is 16.7. The van der Waals surface area contributed by atoms with Gasteiger partial charge >= 0.3 is 6.01 Å². The molecule has 1 aromatic carbocycles. The molecule has 2 aliphatic heterocycles. The minimum atomic E-state index is -0.0400. The molecule has 1 N–H and O–H groups in total. The van der Waals surface area contributed by atoms with E-state index >= 15 is 0 Å². The van der Waals surface area contributed by atoms with Gasteiger partial charge in [-0.2, -0.15) is 4.98 Å². The molecule has 0 spiro atoms. The molecule has 4 rings (SSSR count). The number of ether oxygens (including phenoxy) is 2. The van der Waals surface area contributed by atoms with E-state index in [2.05, 4.69) is 34.2 Å². The van der Waals surface area contributed by atoms with Gasteiger partial charge in [0.05, 0.1) is 19.3 Å². The molecule has 0 saturated carbocycles. The van der Waals surface area contributed by atoms with Crippen LogP contribution in [0.15, 0.2) is 22.7 Å². The van der Waals surface area contributed by atoms with Crippen LogP contribution in [-0.4, -0.2) is 55.0 Å². The van der Waals surface area contributed by atoms with E-state index in [1.54, 1.807) is 0 Å². The van der Waals surface area contributed by atoms with Crippen LogP contribution in [0, 0.1) is 12.8 Å². The molecule has 2 saturated heterocycles. The van der Waals surface area contributed by atoms with Crippen molar-refractivity contribution in [3.63, 3.8) is 0 Å². The number of nitrogens with zero attached hydrogens (tertiary/aromatic N) is 3. The minimum Gasteiger partial charge on any atom is -0.494 e. The van der Waals surface area contributed by atoms with Crippen LogP contribution in [0.5, 0.6) is 5.75 Å². The van der Waals surface area contributed by atoms with Crippen LogP contribution < -0.4 is 15.0 Å². The summed E-state index contributed by atoms with van der Waals surface area (Å²) in [5.74, 6) is 2.53. The summed E-state index contributed by atoms with van der Waals surface area (Å²) >= 11 is 0. The van der Waals surface area contributed by atoms with Crippen molar-refractivity contribution < 1.29 is 18.8 Å². The van der Waals surface area contributed by atoms with Gasteiger partial charge in [-0.25, -0.2) is 0 Å². The number of carbonyl (C=O) groups excluding carboxylic acids is 1. The fraction of sp³-hybridized carbons (Fsp3) is 0.640. The van der Waals surface area contributed by atoms with Crippen molar-refractivity contribution in [2.24, 2.45) is 5.92 Å². The maximum Gasteiger partial charge on any atom is 0.324 e. The Labute approximate surface area is 196 Å². The number of aromatic nitrogens is 2. The van der Waals surface area contributed by atoms with Gasteiger partial charge in [0.15, 0.2) is 5.82 Å². The monoisotopic (exact) mass is 456 g/mol. The summed E-state index contributed by atoms with van der Waals surface area (Å²) in [5.41, 5.74) is 1.63. The topological polar surface area (TPSA) is 89.7 Å². The molecule has 0 bridgehead atoms. The lowest BCUT2D eigenvalue weighted by atomic mass is 9.92. The predicted octanol–water partition coefficient (Wildman–Crippen LogP) is 4.10. The molecule has 2 aromatic rings. The van der Waals surface area contributed by atoms with Gasteiger partial charge in [-0.3, -0.25) is 4.79 Å². The van der Waals surface area contributed by atoms with Crippen molar-refractivity contribution >= 4 is 11.9 Å². The second-order valence-corrected chi connectivity index (χ2v) is 9.52. The molecule has 8 nitrogen and oxygen atoms in total. The maximum atomic E-state index is 12.5. The Bertz CT molecular complexity index is 915. The van der Waals surface area contributed by atoms with Gasteiger partial charge < -0.3 is 24.2 Å². The van der Waals surface area contributed by atoms with Crippen LogP contribution in [0.3, 0.4) is 0 Å². The van der Waals surface area contributed by atoms with E-state index in [0.29, 0.717) is 37.3 Å². The van der Waals surface area contributed by atoms with Gasteiger partial charge in [0.2, 0.25) is 0 Å². The Balaban J connectivity index is 1.16. The SMILES string of the molecule is Cc1cc(OCCCC2CCN(c3nc(C(C)C)no3)CC2)ccc1C(=O)NC1CCOC1. The molecule has 2 aliphatic rings. The van der Waals surface area contributed by atoms with E-state index in [9.17, 15) is 4.79 Å². The molecule has 1 atom stereocenters. The number of amides is 1. The third-order valence-corrected chi connectivity index (χ3v) is 6.57. The quantitative estimate of drug-likeness (QED) is 0.568. The van der Waals surface area contributed by atoms with Crippen LogP contribution in [0.1, 0.15) is 73.6 Å². The molecule has 33 heavy (non-hydrogen) atoms. The normalized spacial score (nSPS) is 19.3. The first-order chi connectivity index (χ1) is 16.0. The van der Waals surface area contributed by atoms with Crippen molar-refractivity contribution in [3.05, 3.63) is 35.2 Å². The van der Waals surface area contributed by atoms with Crippen molar-refractivity contribution in [2.75, 3.05) is 37.8 Å². The molecule has 0 aliphatic carbocycles. The molecule has 1 aromatic heterocycles. The Morgan fingerprint density at radius 1 is 1.27 bits per heavy atom. The summed E-state index contributed by atoms with van der Waals surface area (Å²) in [5, 5.41) is 7.11. The van der Waals surface area contributed by atoms with Crippen molar-refractivity contribution in [2.45, 2.75) is 64.8 Å². The lowest BCUT2D eigenvalue weighted by Gasteiger charge is -2.30. The number of benzene rings is 1. The van der Waals surface area contributed by atoms with E-state index in [-0.39, 0.29) is 17.9 Å². The summed E-state index contributed by atoms with van der Waals surface area (Å²) in [7, 11) is 0. The summed E-state index contributed by atoms with van der Waals surface area (Å²) in [4.78, 5) is 19.2.